The average Bonchev–Trinajstić information content (AvgIpc) is 2.89. The van der Waals surface area contributed by atoms with E-state index in [4.69, 9.17) is 11.6 Å². The molecule has 1 amide bonds. The molecule has 0 radical (unpaired) electrons. The SMILES string of the molecule is O=C(CCl)Nc1ccc2c(c1)Cc1c-2n[nH]c1I. The lowest BCUT2D eigenvalue weighted by Crippen LogP contribution is -2.12. The zero-order valence-electron chi connectivity index (χ0n) is 9.26. The number of rotatable bonds is 2. The normalized spacial score (nSPS) is 12.1. The first-order valence-corrected chi connectivity index (χ1v) is 7.02. The molecule has 3 rings (SSSR count). The molecule has 0 atom stereocenters. The standard InChI is InChI=1S/C12H9ClIN3O/c13-5-10(18)15-7-1-2-8-6(3-7)4-9-11(8)16-17-12(9)14/h1-3H,4-5H2,(H,15,18)(H,16,17). The third kappa shape index (κ3) is 1.91. The summed E-state index contributed by atoms with van der Waals surface area (Å²) in [6, 6.07) is 5.85. The molecule has 1 aliphatic rings. The number of hydrogen-bond acceptors (Lipinski definition) is 2. The van der Waals surface area contributed by atoms with E-state index < -0.39 is 0 Å². The molecule has 2 N–H and O–H groups in total. The minimum Gasteiger partial charge on any atom is -0.325 e. The van der Waals surface area contributed by atoms with Crippen LogP contribution in [0, 0.1) is 3.70 Å². The van der Waals surface area contributed by atoms with Crippen LogP contribution < -0.4 is 5.32 Å². The molecule has 6 heteroatoms. The first kappa shape index (κ1) is 12.0. The fourth-order valence-corrected chi connectivity index (χ4v) is 2.80. The highest BCUT2D eigenvalue weighted by Crippen LogP contribution is 2.38. The maximum atomic E-state index is 11.2. The van der Waals surface area contributed by atoms with Crippen molar-refractivity contribution in [3.63, 3.8) is 0 Å². The van der Waals surface area contributed by atoms with Crippen LogP contribution >= 0.6 is 34.2 Å². The Morgan fingerprint density at radius 3 is 3.17 bits per heavy atom. The van der Waals surface area contributed by atoms with Gasteiger partial charge in [-0.15, -0.1) is 11.6 Å². The maximum absolute atomic E-state index is 11.2. The van der Waals surface area contributed by atoms with Crippen LogP contribution in [0.15, 0.2) is 18.2 Å². The Hall–Kier alpha value is -1.08. The topological polar surface area (TPSA) is 57.8 Å². The van der Waals surface area contributed by atoms with Gasteiger partial charge in [0.25, 0.3) is 0 Å². The highest BCUT2D eigenvalue weighted by atomic mass is 127. The molecule has 4 nitrogen and oxygen atoms in total. The lowest BCUT2D eigenvalue weighted by molar-refractivity contribution is -0.113. The van der Waals surface area contributed by atoms with E-state index in [2.05, 4.69) is 38.1 Å². The van der Waals surface area contributed by atoms with Crippen LogP contribution in [0.5, 0.6) is 0 Å². The summed E-state index contributed by atoms with van der Waals surface area (Å²) in [5.41, 5.74) is 5.35. The Kier molecular flexibility index (Phi) is 3.03. The van der Waals surface area contributed by atoms with Gasteiger partial charge in [-0.1, -0.05) is 6.07 Å². The number of carbonyl (C=O) groups is 1. The van der Waals surface area contributed by atoms with Crippen LogP contribution in [0.25, 0.3) is 11.3 Å². The second-order valence-electron chi connectivity index (χ2n) is 4.10. The maximum Gasteiger partial charge on any atom is 0.239 e. The van der Waals surface area contributed by atoms with Gasteiger partial charge in [0.15, 0.2) is 0 Å². The minimum atomic E-state index is -0.192. The van der Waals surface area contributed by atoms with Gasteiger partial charge in [0.2, 0.25) is 5.91 Å². The molecule has 1 aromatic carbocycles. The van der Waals surface area contributed by atoms with Crippen molar-refractivity contribution in [1.82, 2.24) is 10.2 Å². The van der Waals surface area contributed by atoms with E-state index in [1.165, 1.54) is 11.1 Å². The number of H-pyrrole nitrogens is 1. The van der Waals surface area contributed by atoms with E-state index in [0.29, 0.717) is 0 Å². The first-order valence-electron chi connectivity index (χ1n) is 5.41. The number of benzene rings is 1. The van der Waals surface area contributed by atoms with Gasteiger partial charge in [-0.25, -0.2) is 0 Å². The van der Waals surface area contributed by atoms with E-state index in [1.807, 2.05) is 18.2 Å². The van der Waals surface area contributed by atoms with Gasteiger partial charge < -0.3 is 5.32 Å². The molecule has 0 bridgehead atoms. The van der Waals surface area contributed by atoms with Crippen molar-refractivity contribution >= 4 is 45.8 Å². The number of nitrogens with zero attached hydrogens (tertiary/aromatic N) is 1. The summed E-state index contributed by atoms with van der Waals surface area (Å²) in [6.45, 7) is 0. The lowest BCUT2D eigenvalue weighted by atomic mass is 10.1. The number of fused-ring (bicyclic) bond motifs is 3. The zero-order chi connectivity index (χ0) is 12.7. The van der Waals surface area contributed by atoms with Crippen LogP contribution in [0.3, 0.4) is 0 Å². The molecule has 18 heavy (non-hydrogen) atoms. The van der Waals surface area contributed by atoms with Crippen molar-refractivity contribution in [3.8, 4) is 11.3 Å². The number of anilines is 1. The smallest absolute Gasteiger partial charge is 0.239 e. The number of hydrogen-bond donors (Lipinski definition) is 2. The molecule has 1 aliphatic carbocycles. The van der Waals surface area contributed by atoms with E-state index in [-0.39, 0.29) is 11.8 Å². The Morgan fingerprint density at radius 2 is 2.39 bits per heavy atom. The Bertz CT molecular complexity index is 638. The van der Waals surface area contributed by atoms with E-state index in [1.54, 1.807) is 0 Å². The molecular weight excluding hydrogens is 365 g/mol. The van der Waals surface area contributed by atoms with Crippen LogP contribution in [-0.4, -0.2) is 22.0 Å². The summed E-state index contributed by atoms with van der Waals surface area (Å²) in [4.78, 5) is 11.2. The molecule has 0 saturated heterocycles. The number of nitrogens with one attached hydrogen (secondary N) is 2. The third-order valence-corrected chi connectivity index (χ3v) is 4.08. The van der Waals surface area contributed by atoms with Gasteiger partial charge in [-0.05, 0) is 40.3 Å². The highest BCUT2D eigenvalue weighted by molar-refractivity contribution is 14.1. The minimum absolute atomic E-state index is 0.0310. The van der Waals surface area contributed by atoms with Gasteiger partial charge >= 0.3 is 0 Å². The van der Waals surface area contributed by atoms with Crippen molar-refractivity contribution in [2.24, 2.45) is 0 Å². The fraction of sp³-hybridized carbons (Fsp3) is 0.167. The summed E-state index contributed by atoms with van der Waals surface area (Å²) in [7, 11) is 0. The summed E-state index contributed by atoms with van der Waals surface area (Å²) >= 11 is 7.72. The molecule has 0 unspecified atom stereocenters. The second kappa shape index (κ2) is 4.55. The van der Waals surface area contributed by atoms with Gasteiger partial charge in [0, 0.05) is 23.2 Å². The molecule has 0 fully saturated rings. The quantitative estimate of drug-likeness (QED) is 0.536. The monoisotopic (exact) mass is 373 g/mol. The van der Waals surface area contributed by atoms with Crippen molar-refractivity contribution in [3.05, 3.63) is 33.0 Å². The van der Waals surface area contributed by atoms with Crippen LogP contribution in [0.2, 0.25) is 0 Å². The lowest BCUT2D eigenvalue weighted by Gasteiger charge is -2.05. The Labute approximate surface area is 122 Å². The number of alkyl halides is 1. The van der Waals surface area contributed by atoms with Gasteiger partial charge in [-0.2, -0.15) is 5.10 Å². The van der Waals surface area contributed by atoms with Crippen molar-refractivity contribution < 1.29 is 4.79 Å². The van der Waals surface area contributed by atoms with E-state index >= 15 is 0 Å². The largest absolute Gasteiger partial charge is 0.325 e. The molecule has 2 aromatic rings. The van der Waals surface area contributed by atoms with Crippen molar-refractivity contribution in [1.29, 1.82) is 0 Å². The summed E-state index contributed by atoms with van der Waals surface area (Å²) in [5, 5.41) is 10.0. The average molecular weight is 374 g/mol. The predicted octanol–water partition coefficient (Wildman–Crippen LogP) is 2.76. The molecule has 0 spiro atoms. The number of carbonyl (C=O) groups excluding carboxylic acids is 1. The van der Waals surface area contributed by atoms with Crippen molar-refractivity contribution in [2.45, 2.75) is 6.42 Å². The van der Waals surface area contributed by atoms with Crippen LogP contribution in [-0.2, 0) is 11.2 Å². The van der Waals surface area contributed by atoms with E-state index in [0.717, 1.165) is 27.1 Å². The molecule has 1 aromatic heterocycles. The zero-order valence-corrected chi connectivity index (χ0v) is 12.2. The number of halogens is 2. The molecule has 0 aliphatic heterocycles. The van der Waals surface area contributed by atoms with Gasteiger partial charge in [-0.3, -0.25) is 9.89 Å². The van der Waals surface area contributed by atoms with Gasteiger partial charge in [0.1, 0.15) is 5.88 Å². The Morgan fingerprint density at radius 1 is 1.56 bits per heavy atom. The number of aromatic amines is 1. The molecule has 1 heterocycles. The summed E-state index contributed by atoms with van der Waals surface area (Å²) in [5.74, 6) is -0.223. The number of amides is 1. The number of aromatic nitrogens is 2. The fourth-order valence-electron chi connectivity index (χ4n) is 2.16. The van der Waals surface area contributed by atoms with Gasteiger partial charge in [0.05, 0.1) is 9.39 Å². The molecule has 0 saturated carbocycles. The van der Waals surface area contributed by atoms with Crippen LogP contribution in [0.1, 0.15) is 11.1 Å². The predicted molar refractivity (Wildman–Crippen MR) is 78.9 cm³/mol. The highest BCUT2D eigenvalue weighted by Gasteiger charge is 2.23. The summed E-state index contributed by atoms with van der Waals surface area (Å²) in [6.07, 6.45) is 0.851. The van der Waals surface area contributed by atoms with E-state index in [9.17, 15) is 4.79 Å². The van der Waals surface area contributed by atoms with Crippen LogP contribution in [0.4, 0.5) is 5.69 Å². The summed E-state index contributed by atoms with van der Waals surface area (Å²) < 4.78 is 1.07. The molecular formula is C12H9ClIN3O. The molecule has 92 valence electrons. The first-order chi connectivity index (χ1) is 8.69. The second-order valence-corrected chi connectivity index (χ2v) is 5.44. The van der Waals surface area contributed by atoms with Crippen molar-refractivity contribution in [2.75, 3.05) is 11.2 Å². The Balaban J connectivity index is 1.95. The third-order valence-electron chi connectivity index (χ3n) is 2.95.